The molecular formula is C17H16N2O2. The van der Waals surface area contributed by atoms with Crippen molar-refractivity contribution in [3.63, 3.8) is 0 Å². The van der Waals surface area contributed by atoms with Crippen LogP contribution in [0.3, 0.4) is 0 Å². The van der Waals surface area contributed by atoms with Gasteiger partial charge in [0.25, 0.3) is 5.91 Å². The normalized spacial score (nSPS) is 18.6. The van der Waals surface area contributed by atoms with Gasteiger partial charge in [0, 0.05) is 5.56 Å². The van der Waals surface area contributed by atoms with E-state index in [1.807, 2.05) is 43.3 Å². The van der Waals surface area contributed by atoms with E-state index in [1.165, 1.54) is 4.90 Å². The number of hydrogen-bond donors (Lipinski definition) is 1. The van der Waals surface area contributed by atoms with Crippen LogP contribution in [0.2, 0.25) is 0 Å². The number of amides is 1. The summed E-state index contributed by atoms with van der Waals surface area (Å²) in [5.74, 6) is -0.158. The molecule has 2 atom stereocenters. The minimum Gasteiger partial charge on any atom is -0.394 e. The van der Waals surface area contributed by atoms with Gasteiger partial charge in [0.2, 0.25) is 0 Å². The molecule has 0 radical (unpaired) electrons. The first-order valence-electron chi connectivity index (χ1n) is 7.07. The summed E-state index contributed by atoms with van der Waals surface area (Å²) in [7, 11) is 0. The van der Waals surface area contributed by atoms with Crippen LogP contribution in [0.1, 0.15) is 35.3 Å². The molecule has 1 N–H and O–H groups in total. The van der Waals surface area contributed by atoms with Crippen LogP contribution in [0, 0.1) is 11.3 Å². The minimum absolute atomic E-state index is 0.133. The highest BCUT2D eigenvalue weighted by atomic mass is 16.3. The SMILES string of the molecule is CCC(CO)N1C(=O)c2c(ccc3ccccc23)C1C#N. The fourth-order valence-corrected chi connectivity index (χ4v) is 3.07. The highest BCUT2D eigenvalue weighted by molar-refractivity contribution is 6.11. The zero-order valence-electron chi connectivity index (χ0n) is 11.8. The summed E-state index contributed by atoms with van der Waals surface area (Å²) in [6.45, 7) is 1.77. The summed E-state index contributed by atoms with van der Waals surface area (Å²) >= 11 is 0. The van der Waals surface area contributed by atoms with Gasteiger partial charge < -0.3 is 10.0 Å². The highest BCUT2D eigenvalue weighted by Crippen LogP contribution is 2.39. The monoisotopic (exact) mass is 280 g/mol. The minimum atomic E-state index is -0.616. The molecule has 0 spiro atoms. The molecule has 0 saturated heterocycles. The van der Waals surface area contributed by atoms with E-state index >= 15 is 0 Å². The lowest BCUT2D eigenvalue weighted by Crippen LogP contribution is -2.39. The quantitative estimate of drug-likeness (QED) is 0.940. The van der Waals surface area contributed by atoms with Gasteiger partial charge in [-0.1, -0.05) is 43.3 Å². The molecule has 0 bridgehead atoms. The molecule has 106 valence electrons. The molecule has 1 aliphatic rings. The second kappa shape index (κ2) is 5.19. The maximum atomic E-state index is 12.8. The third-order valence-electron chi connectivity index (χ3n) is 4.18. The summed E-state index contributed by atoms with van der Waals surface area (Å²) in [6.07, 6.45) is 0.617. The van der Waals surface area contributed by atoms with Crippen molar-refractivity contribution in [2.75, 3.05) is 6.61 Å². The van der Waals surface area contributed by atoms with E-state index in [1.54, 1.807) is 0 Å². The Hall–Kier alpha value is -2.38. The van der Waals surface area contributed by atoms with Gasteiger partial charge in [-0.15, -0.1) is 0 Å². The molecule has 21 heavy (non-hydrogen) atoms. The molecule has 0 fully saturated rings. The van der Waals surface area contributed by atoms with E-state index in [-0.39, 0.29) is 18.6 Å². The van der Waals surface area contributed by atoms with Gasteiger partial charge in [0.05, 0.1) is 24.3 Å². The van der Waals surface area contributed by atoms with Gasteiger partial charge in [-0.25, -0.2) is 0 Å². The number of carbonyl (C=O) groups is 1. The first-order valence-corrected chi connectivity index (χ1v) is 7.07. The Balaban J connectivity index is 2.23. The number of hydrogen-bond acceptors (Lipinski definition) is 3. The van der Waals surface area contributed by atoms with Gasteiger partial charge in [0.15, 0.2) is 0 Å². The van der Waals surface area contributed by atoms with Crippen molar-refractivity contribution in [3.05, 3.63) is 47.5 Å². The zero-order chi connectivity index (χ0) is 15.0. The van der Waals surface area contributed by atoms with Crippen molar-refractivity contribution in [1.29, 1.82) is 5.26 Å². The average molecular weight is 280 g/mol. The van der Waals surface area contributed by atoms with Crippen LogP contribution in [-0.2, 0) is 0 Å². The molecule has 1 aliphatic heterocycles. The lowest BCUT2D eigenvalue weighted by Gasteiger charge is -2.28. The molecule has 2 aromatic rings. The van der Waals surface area contributed by atoms with Crippen LogP contribution in [0.5, 0.6) is 0 Å². The van der Waals surface area contributed by atoms with Gasteiger partial charge in [0.1, 0.15) is 6.04 Å². The van der Waals surface area contributed by atoms with Crippen molar-refractivity contribution in [1.82, 2.24) is 4.90 Å². The van der Waals surface area contributed by atoms with Crippen molar-refractivity contribution in [2.45, 2.75) is 25.4 Å². The van der Waals surface area contributed by atoms with Crippen LogP contribution in [0.25, 0.3) is 10.8 Å². The molecule has 1 heterocycles. The highest BCUT2D eigenvalue weighted by Gasteiger charge is 2.41. The van der Waals surface area contributed by atoms with Gasteiger partial charge in [-0.2, -0.15) is 5.26 Å². The molecule has 1 amide bonds. The van der Waals surface area contributed by atoms with Crippen molar-refractivity contribution < 1.29 is 9.90 Å². The number of benzene rings is 2. The van der Waals surface area contributed by atoms with Gasteiger partial charge >= 0.3 is 0 Å². The molecule has 4 heteroatoms. The second-order valence-electron chi connectivity index (χ2n) is 5.24. The van der Waals surface area contributed by atoms with E-state index in [4.69, 9.17) is 0 Å². The van der Waals surface area contributed by atoms with Crippen LogP contribution in [-0.4, -0.2) is 28.6 Å². The zero-order valence-corrected chi connectivity index (χ0v) is 11.8. The fourth-order valence-electron chi connectivity index (χ4n) is 3.07. The number of rotatable bonds is 3. The molecule has 0 aliphatic carbocycles. The topological polar surface area (TPSA) is 64.3 Å². The van der Waals surface area contributed by atoms with E-state index < -0.39 is 6.04 Å². The lowest BCUT2D eigenvalue weighted by molar-refractivity contribution is 0.0573. The average Bonchev–Trinajstić information content (AvgIpc) is 2.82. The molecular weight excluding hydrogens is 264 g/mol. The lowest BCUT2D eigenvalue weighted by atomic mass is 9.98. The van der Waals surface area contributed by atoms with E-state index in [9.17, 15) is 15.2 Å². The Labute approximate surface area is 123 Å². The van der Waals surface area contributed by atoms with Crippen LogP contribution in [0.4, 0.5) is 0 Å². The molecule has 3 rings (SSSR count). The number of fused-ring (bicyclic) bond motifs is 3. The van der Waals surface area contributed by atoms with Crippen molar-refractivity contribution in [3.8, 4) is 6.07 Å². The third-order valence-corrected chi connectivity index (χ3v) is 4.18. The molecule has 2 aromatic carbocycles. The summed E-state index contributed by atoms with van der Waals surface area (Å²) in [5.41, 5.74) is 1.35. The number of nitrogens with zero attached hydrogens (tertiary/aromatic N) is 2. The number of carbonyl (C=O) groups excluding carboxylic acids is 1. The summed E-state index contributed by atoms with van der Waals surface area (Å²) in [4.78, 5) is 14.3. The summed E-state index contributed by atoms with van der Waals surface area (Å²) in [5, 5.41) is 20.9. The van der Waals surface area contributed by atoms with Crippen LogP contribution >= 0.6 is 0 Å². The summed E-state index contributed by atoms with van der Waals surface area (Å²) < 4.78 is 0. The standard InChI is InChI=1S/C17H16N2O2/c1-2-12(10-20)19-15(9-18)14-8-7-11-5-3-4-6-13(11)16(14)17(19)21/h3-8,12,15,20H,2,10H2,1H3. The Bertz CT molecular complexity index is 744. The van der Waals surface area contributed by atoms with Gasteiger partial charge in [-0.3, -0.25) is 4.79 Å². The predicted molar refractivity (Wildman–Crippen MR) is 79.6 cm³/mol. The Morgan fingerprint density at radius 1 is 1.33 bits per heavy atom. The van der Waals surface area contributed by atoms with E-state index in [2.05, 4.69) is 6.07 Å². The third kappa shape index (κ3) is 1.90. The molecule has 0 saturated carbocycles. The number of aliphatic hydroxyl groups is 1. The Morgan fingerprint density at radius 3 is 2.76 bits per heavy atom. The Kier molecular flexibility index (Phi) is 3.36. The molecule has 0 aromatic heterocycles. The predicted octanol–water partition coefficient (Wildman–Crippen LogP) is 2.63. The molecule has 2 unspecified atom stereocenters. The smallest absolute Gasteiger partial charge is 0.256 e. The number of aliphatic hydroxyl groups excluding tert-OH is 1. The summed E-state index contributed by atoms with van der Waals surface area (Å²) in [6, 6.07) is 12.7. The van der Waals surface area contributed by atoms with Crippen molar-refractivity contribution in [2.24, 2.45) is 0 Å². The first kappa shape index (κ1) is 13.6. The van der Waals surface area contributed by atoms with Gasteiger partial charge in [-0.05, 0) is 17.2 Å². The largest absolute Gasteiger partial charge is 0.394 e. The number of nitriles is 1. The first-order chi connectivity index (χ1) is 10.2. The second-order valence-corrected chi connectivity index (χ2v) is 5.24. The van der Waals surface area contributed by atoms with E-state index in [0.717, 1.165) is 16.3 Å². The van der Waals surface area contributed by atoms with E-state index in [0.29, 0.717) is 12.0 Å². The molecule has 4 nitrogen and oxygen atoms in total. The fraction of sp³-hybridized carbons (Fsp3) is 0.294. The maximum absolute atomic E-state index is 12.8. The van der Waals surface area contributed by atoms with Crippen LogP contribution < -0.4 is 0 Å². The van der Waals surface area contributed by atoms with Crippen LogP contribution in [0.15, 0.2) is 36.4 Å². The maximum Gasteiger partial charge on any atom is 0.256 e. The Morgan fingerprint density at radius 2 is 2.10 bits per heavy atom. The van der Waals surface area contributed by atoms with Crippen molar-refractivity contribution >= 4 is 16.7 Å².